The van der Waals surface area contributed by atoms with Crippen LogP contribution in [0.2, 0.25) is 0 Å². The van der Waals surface area contributed by atoms with Crippen LogP contribution in [0.4, 0.5) is 8.78 Å². The Hall–Kier alpha value is -2.64. The Labute approximate surface area is 173 Å². The van der Waals surface area contributed by atoms with Crippen LogP contribution in [0.1, 0.15) is 18.4 Å². The Morgan fingerprint density at radius 1 is 1.07 bits per heavy atom. The fourth-order valence-corrected chi connectivity index (χ4v) is 3.63. The summed E-state index contributed by atoms with van der Waals surface area (Å²) in [5.74, 6) is 0.162. The maximum absolute atomic E-state index is 13.3. The standard InChI is InChI=1S/C22H22F2N4S/c1-2-13-27-21(17-5-9-19(24)10-6-17)25-28(22(27)29)15-26(20-11-12-20)14-16-3-7-18(23)8-4-16/h2-10,20H,1,11-15H2. The fourth-order valence-electron chi connectivity index (χ4n) is 3.37. The second-order valence-corrected chi connectivity index (χ2v) is 7.62. The van der Waals surface area contributed by atoms with Crippen LogP contribution in [-0.2, 0) is 19.8 Å². The first-order valence-corrected chi connectivity index (χ1v) is 9.99. The molecule has 1 aromatic heterocycles. The second kappa shape index (κ2) is 8.39. The number of nitrogens with zero attached hydrogens (tertiary/aromatic N) is 4. The van der Waals surface area contributed by atoms with E-state index in [9.17, 15) is 8.78 Å². The zero-order valence-electron chi connectivity index (χ0n) is 16.0. The van der Waals surface area contributed by atoms with Crippen LogP contribution in [0, 0.1) is 16.4 Å². The third-order valence-corrected chi connectivity index (χ3v) is 5.45. The van der Waals surface area contributed by atoms with E-state index in [0.717, 1.165) is 24.0 Å². The lowest BCUT2D eigenvalue weighted by Crippen LogP contribution is -2.29. The molecule has 4 rings (SSSR count). The summed E-state index contributed by atoms with van der Waals surface area (Å²) in [6, 6.07) is 13.3. The van der Waals surface area contributed by atoms with Crippen molar-refractivity contribution in [2.45, 2.75) is 38.6 Å². The Morgan fingerprint density at radius 3 is 2.28 bits per heavy atom. The molecule has 0 aliphatic heterocycles. The van der Waals surface area contributed by atoms with Crippen molar-refractivity contribution in [1.82, 2.24) is 19.2 Å². The van der Waals surface area contributed by atoms with Crippen molar-refractivity contribution >= 4 is 12.2 Å². The van der Waals surface area contributed by atoms with Crippen LogP contribution in [0.25, 0.3) is 11.4 Å². The first-order chi connectivity index (χ1) is 14.0. The number of allylic oxidation sites excluding steroid dienone is 1. The minimum absolute atomic E-state index is 0.235. The first kappa shape index (κ1) is 19.7. The van der Waals surface area contributed by atoms with Crippen LogP contribution in [0.15, 0.2) is 61.2 Å². The highest BCUT2D eigenvalue weighted by molar-refractivity contribution is 7.71. The van der Waals surface area contributed by atoms with E-state index in [2.05, 4.69) is 11.5 Å². The highest BCUT2D eigenvalue weighted by Crippen LogP contribution is 2.29. The normalized spacial score (nSPS) is 13.8. The molecule has 4 nitrogen and oxygen atoms in total. The van der Waals surface area contributed by atoms with Gasteiger partial charge in [0, 0.05) is 24.7 Å². The molecule has 150 valence electrons. The van der Waals surface area contributed by atoms with Gasteiger partial charge < -0.3 is 0 Å². The van der Waals surface area contributed by atoms with Crippen molar-refractivity contribution < 1.29 is 8.78 Å². The van der Waals surface area contributed by atoms with Crippen LogP contribution in [-0.4, -0.2) is 25.3 Å². The predicted molar refractivity (Wildman–Crippen MR) is 112 cm³/mol. The van der Waals surface area contributed by atoms with E-state index in [-0.39, 0.29) is 11.6 Å². The molecule has 1 aliphatic carbocycles. The van der Waals surface area contributed by atoms with Gasteiger partial charge in [-0.05, 0) is 67.0 Å². The Balaban J connectivity index is 1.63. The number of hydrogen-bond donors (Lipinski definition) is 0. The van der Waals surface area contributed by atoms with E-state index in [1.54, 1.807) is 22.9 Å². The summed E-state index contributed by atoms with van der Waals surface area (Å²) in [4.78, 5) is 2.31. The molecule has 3 aromatic rings. The molecule has 0 radical (unpaired) electrons. The summed E-state index contributed by atoms with van der Waals surface area (Å²) in [6.45, 7) is 5.58. The number of benzene rings is 2. The summed E-state index contributed by atoms with van der Waals surface area (Å²) < 4.78 is 30.9. The van der Waals surface area contributed by atoms with Gasteiger partial charge in [-0.15, -0.1) is 6.58 Å². The van der Waals surface area contributed by atoms with Crippen molar-refractivity contribution in [3.05, 3.63) is 83.2 Å². The minimum atomic E-state index is -0.291. The summed E-state index contributed by atoms with van der Waals surface area (Å²) in [6.07, 6.45) is 4.03. The molecule has 29 heavy (non-hydrogen) atoms. The number of rotatable bonds is 8. The van der Waals surface area contributed by atoms with Crippen molar-refractivity contribution in [3.8, 4) is 11.4 Å². The van der Waals surface area contributed by atoms with Crippen molar-refractivity contribution in [1.29, 1.82) is 0 Å². The van der Waals surface area contributed by atoms with E-state index >= 15 is 0 Å². The minimum Gasteiger partial charge on any atom is -0.296 e. The predicted octanol–water partition coefficient (Wildman–Crippen LogP) is 5.17. The van der Waals surface area contributed by atoms with Gasteiger partial charge in [0.1, 0.15) is 11.6 Å². The zero-order valence-corrected chi connectivity index (χ0v) is 16.8. The van der Waals surface area contributed by atoms with Crippen LogP contribution in [0.5, 0.6) is 0 Å². The molecule has 0 amide bonds. The molecule has 1 fully saturated rings. The van der Waals surface area contributed by atoms with E-state index in [1.807, 2.05) is 16.7 Å². The van der Waals surface area contributed by atoms with Gasteiger partial charge in [0.05, 0.1) is 6.67 Å². The fraction of sp³-hybridized carbons (Fsp3) is 0.273. The lowest BCUT2D eigenvalue weighted by molar-refractivity contribution is 0.186. The maximum atomic E-state index is 13.3. The van der Waals surface area contributed by atoms with Gasteiger partial charge in [-0.1, -0.05) is 18.2 Å². The first-order valence-electron chi connectivity index (χ1n) is 9.58. The van der Waals surface area contributed by atoms with E-state index < -0.39 is 0 Å². The van der Waals surface area contributed by atoms with E-state index in [4.69, 9.17) is 17.3 Å². The van der Waals surface area contributed by atoms with Gasteiger partial charge in [0.2, 0.25) is 0 Å². The van der Waals surface area contributed by atoms with Gasteiger partial charge in [-0.2, -0.15) is 5.10 Å². The van der Waals surface area contributed by atoms with E-state index in [1.165, 1.54) is 24.3 Å². The number of aromatic nitrogens is 3. The summed E-state index contributed by atoms with van der Waals surface area (Å²) in [7, 11) is 0. The van der Waals surface area contributed by atoms with Crippen molar-refractivity contribution in [2.24, 2.45) is 0 Å². The highest BCUT2D eigenvalue weighted by atomic mass is 32.1. The average Bonchev–Trinajstić information content (AvgIpc) is 3.52. The lowest BCUT2D eigenvalue weighted by atomic mass is 10.2. The molecule has 7 heteroatoms. The largest absolute Gasteiger partial charge is 0.296 e. The van der Waals surface area contributed by atoms with Crippen molar-refractivity contribution in [2.75, 3.05) is 0 Å². The monoisotopic (exact) mass is 412 g/mol. The van der Waals surface area contributed by atoms with Crippen LogP contribution in [0.3, 0.4) is 0 Å². The van der Waals surface area contributed by atoms with Crippen molar-refractivity contribution in [3.63, 3.8) is 0 Å². The molecular weight excluding hydrogens is 390 g/mol. The van der Waals surface area contributed by atoms with Crippen LogP contribution >= 0.6 is 12.2 Å². The third-order valence-electron chi connectivity index (χ3n) is 5.01. The third kappa shape index (κ3) is 4.52. The van der Waals surface area contributed by atoms with Gasteiger partial charge in [0.25, 0.3) is 0 Å². The molecule has 0 bridgehead atoms. The molecule has 0 unspecified atom stereocenters. The number of halogens is 2. The Bertz CT molecular complexity index is 1050. The summed E-state index contributed by atoms with van der Waals surface area (Å²) in [5.41, 5.74) is 1.85. The average molecular weight is 413 g/mol. The van der Waals surface area contributed by atoms with Gasteiger partial charge in [0.15, 0.2) is 10.6 Å². The van der Waals surface area contributed by atoms with Gasteiger partial charge >= 0.3 is 0 Å². The highest BCUT2D eigenvalue weighted by Gasteiger charge is 2.30. The molecule has 1 saturated carbocycles. The molecular formula is C22H22F2N4S. The summed E-state index contributed by atoms with van der Waals surface area (Å²) in [5, 5.41) is 4.74. The molecule has 0 spiro atoms. The molecule has 2 aromatic carbocycles. The summed E-state index contributed by atoms with van der Waals surface area (Å²) >= 11 is 5.68. The smallest absolute Gasteiger partial charge is 0.199 e. The lowest BCUT2D eigenvalue weighted by Gasteiger charge is -2.21. The zero-order chi connectivity index (χ0) is 20.4. The van der Waals surface area contributed by atoms with Gasteiger partial charge in [-0.25, -0.2) is 13.5 Å². The molecule has 0 N–H and O–H groups in total. The molecule has 0 atom stereocenters. The number of hydrogen-bond acceptors (Lipinski definition) is 3. The SMILES string of the molecule is C=CCn1c(-c2ccc(F)cc2)nn(CN(Cc2ccc(F)cc2)C2CC2)c1=S. The quantitative estimate of drug-likeness (QED) is 0.377. The molecule has 0 saturated heterocycles. The molecule has 1 aliphatic rings. The topological polar surface area (TPSA) is 26.0 Å². The van der Waals surface area contributed by atoms with Gasteiger partial charge in [-0.3, -0.25) is 9.47 Å². The maximum Gasteiger partial charge on any atom is 0.199 e. The van der Waals surface area contributed by atoms with Crippen LogP contribution < -0.4 is 0 Å². The molecule has 1 heterocycles. The Morgan fingerprint density at radius 2 is 1.69 bits per heavy atom. The Kier molecular flexibility index (Phi) is 5.69. The van der Waals surface area contributed by atoms with E-state index in [0.29, 0.717) is 36.4 Å². The second-order valence-electron chi connectivity index (χ2n) is 7.26.